The monoisotopic (exact) mass is 338 g/mol. The Labute approximate surface area is 149 Å². The zero-order valence-electron chi connectivity index (χ0n) is 15.2. The maximum absolute atomic E-state index is 12.6. The van der Waals surface area contributed by atoms with Gasteiger partial charge in [-0.1, -0.05) is 29.3 Å². The minimum atomic E-state index is 0.0316. The summed E-state index contributed by atoms with van der Waals surface area (Å²) in [7, 11) is 0. The Morgan fingerprint density at radius 2 is 1.84 bits per heavy atom. The van der Waals surface area contributed by atoms with Gasteiger partial charge in [0.05, 0.1) is 12.2 Å². The van der Waals surface area contributed by atoms with Gasteiger partial charge in [0, 0.05) is 31.4 Å². The molecule has 0 aliphatic carbocycles. The van der Waals surface area contributed by atoms with E-state index in [0.717, 1.165) is 31.7 Å². The van der Waals surface area contributed by atoms with Crippen LogP contribution in [-0.4, -0.2) is 29.0 Å². The highest BCUT2D eigenvalue weighted by molar-refractivity contribution is 5.79. The third-order valence-electron chi connectivity index (χ3n) is 4.84. The van der Waals surface area contributed by atoms with Crippen LogP contribution in [-0.2, 0) is 4.79 Å². The van der Waals surface area contributed by atoms with Crippen molar-refractivity contribution in [3.8, 4) is 0 Å². The van der Waals surface area contributed by atoms with E-state index in [2.05, 4.69) is 59.2 Å². The molecule has 0 saturated carbocycles. The second-order valence-corrected chi connectivity index (χ2v) is 6.98. The molecule has 0 radical (unpaired) electrons. The molecule has 1 aromatic carbocycles. The molecule has 3 rings (SSSR count). The average molecular weight is 338 g/mol. The number of nitrogens with one attached hydrogen (secondary N) is 1. The minimum Gasteiger partial charge on any atom is -0.355 e. The smallest absolute Gasteiger partial charge is 0.223 e. The van der Waals surface area contributed by atoms with Crippen molar-refractivity contribution in [3.05, 3.63) is 53.5 Å². The van der Waals surface area contributed by atoms with Gasteiger partial charge in [0.1, 0.15) is 5.82 Å². The molecule has 1 saturated heterocycles. The zero-order valence-corrected chi connectivity index (χ0v) is 15.2. The molecule has 2 aromatic rings. The maximum atomic E-state index is 12.6. The average Bonchev–Trinajstić information content (AvgIpc) is 2.61. The van der Waals surface area contributed by atoms with Gasteiger partial charge in [0.25, 0.3) is 0 Å². The molecule has 1 aliphatic rings. The van der Waals surface area contributed by atoms with Crippen molar-refractivity contribution in [2.24, 2.45) is 5.92 Å². The molecule has 0 unspecified atom stereocenters. The number of carbonyl (C=O) groups is 1. The first-order chi connectivity index (χ1) is 12.0. The number of amides is 1. The van der Waals surface area contributed by atoms with E-state index in [0.29, 0.717) is 0 Å². The van der Waals surface area contributed by atoms with Crippen molar-refractivity contribution in [1.82, 2.24) is 15.3 Å². The minimum absolute atomic E-state index is 0.0316. The Morgan fingerprint density at radius 3 is 2.44 bits per heavy atom. The molecule has 1 aromatic heterocycles. The van der Waals surface area contributed by atoms with Gasteiger partial charge in [-0.05, 0) is 39.2 Å². The van der Waals surface area contributed by atoms with Gasteiger partial charge in [0.15, 0.2) is 0 Å². The molecular weight excluding hydrogens is 312 g/mol. The molecule has 1 fully saturated rings. The van der Waals surface area contributed by atoms with Gasteiger partial charge in [-0.2, -0.15) is 0 Å². The largest absolute Gasteiger partial charge is 0.355 e. The van der Waals surface area contributed by atoms with Crippen molar-refractivity contribution in [3.63, 3.8) is 0 Å². The molecular formula is C20H26N4O. The summed E-state index contributed by atoms with van der Waals surface area (Å²) < 4.78 is 0. The van der Waals surface area contributed by atoms with Crippen molar-refractivity contribution >= 4 is 11.7 Å². The number of rotatable bonds is 4. The number of carbonyl (C=O) groups excluding carboxylic acids is 1. The quantitative estimate of drug-likeness (QED) is 0.930. The summed E-state index contributed by atoms with van der Waals surface area (Å²) in [5.74, 6) is 1.12. The van der Waals surface area contributed by atoms with Crippen LogP contribution in [0, 0.1) is 19.8 Å². The van der Waals surface area contributed by atoms with Gasteiger partial charge in [-0.3, -0.25) is 9.78 Å². The van der Waals surface area contributed by atoms with Gasteiger partial charge < -0.3 is 10.2 Å². The third kappa shape index (κ3) is 4.35. The Balaban J connectivity index is 1.56. The lowest BCUT2D eigenvalue weighted by Crippen LogP contribution is -2.41. The van der Waals surface area contributed by atoms with Crippen LogP contribution in [0.4, 0.5) is 5.82 Å². The summed E-state index contributed by atoms with van der Waals surface area (Å²) in [5, 5.41) is 3.19. The predicted octanol–water partition coefficient (Wildman–Crippen LogP) is 3.19. The van der Waals surface area contributed by atoms with Crippen LogP contribution in [0.25, 0.3) is 0 Å². The van der Waals surface area contributed by atoms with E-state index < -0.39 is 0 Å². The highest BCUT2D eigenvalue weighted by Crippen LogP contribution is 2.23. The van der Waals surface area contributed by atoms with Crippen LogP contribution in [0.15, 0.2) is 36.8 Å². The lowest BCUT2D eigenvalue weighted by Gasteiger charge is -2.32. The van der Waals surface area contributed by atoms with Gasteiger partial charge in [-0.25, -0.2) is 4.98 Å². The van der Waals surface area contributed by atoms with E-state index in [1.165, 1.54) is 16.7 Å². The number of hydrogen-bond acceptors (Lipinski definition) is 4. The maximum Gasteiger partial charge on any atom is 0.223 e. The standard InChI is InChI=1S/C20H26N4O/c1-14-10-15(2)12-18(11-14)16(3)23-20(25)17-4-8-24(9-5-17)19-13-21-6-7-22-19/h6-7,10-13,16-17H,4-5,8-9H2,1-3H3,(H,23,25)/t16-/m1/s1. The van der Waals surface area contributed by atoms with E-state index in [-0.39, 0.29) is 17.9 Å². The lowest BCUT2D eigenvalue weighted by molar-refractivity contribution is -0.126. The molecule has 0 spiro atoms. The summed E-state index contributed by atoms with van der Waals surface area (Å²) in [6, 6.07) is 6.48. The number of piperidine rings is 1. The lowest BCUT2D eigenvalue weighted by atomic mass is 9.95. The molecule has 1 amide bonds. The fourth-order valence-electron chi connectivity index (χ4n) is 3.50. The molecule has 1 aliphatic heterocycles. The third-order valence-corrected chi connectivity index (χ3v) is 4.84. The van der Waals surface area contributed by atoms with Crippen molar-refractivity contribution < 1.29 is 4.79 Å². The van der Waals surface area contributed by atoms with Gasteiger partial charge >= 0.3 is 0 Å². The summed E-state index contributed by atoms with van der Waals surface area (Å²) in [6.07, 6.45) is 6.87. The highest BCUT2D eigenvalue weighted by Gasteiger charge is 2.26. The number of aromatic nitrogens is 2. The molecule has 1 atom stereocenters. The number of aryl methyl sites for hydroxylation is 2. The molecule has 1 N–H and O–H groups in total. The normalized spacial score (nSPS) is 16.5. The van der Waals surface area contributed by atoms with Crippen LogP contribution in [0.2, 0.25) is 0 Å². The Morgan fingerprint density at radius 1 is 1.16 bits per heavy atom. The Hall–Kier alpha value is -2.43. The number of benzene rings is 1. The molecule has 5 nitrogen and oxygen atoms in total. The van der Waals surface area contributed by atoms with Crippen LogP contribution in [0.1, 0.15) is 42.5 Å². The van der Waals surface area contributed by atoms with Crippen molar-refractivity contribution in [2.75, 3.05) is 18.0 Å². The molecule has 5 heteroatoms. The zero-order chi connectivity index (χ0) is 17.8. The second kappa shape index (κ2) is 7.64. The summed E-state index contributed by atoms with van der Waals surface area (Å²) >= 11 is 0. The number of anilines is 1. The van der Waals surface area contributed by atoms with Crippen LogP contribution < -0.4 is 10.2 Å². The summed E-state index contributed by atoms with van der Waals surface area (Å²) in [6.45, 7) is 7.92. The van der Waals surface area contributed by atoms with E-state index in [1.807, 2.05) is 0 Å². The SMILES string of the molecule is Cc1cc(C)cc([C@@H](C)NC(=O)C2CCN(c3cnccn3)CC2)c1. The van der Waals surface area contributed by atoms with Crippen molar-refractivity contribution in [1.29, 1.82) is 0 Å². The fraction of sp³-hybridized carbons (Fsp3) is 0.450. The topological polar surface area (TPSA) is 58.1 Å². The highest BCUT2D eigenvalue weighted by atomic mass is 16.1. The molecule has 0 bridgehead atoms. The van der Waals surface area contributed by atoms with Crippen LogP contribution in [0.3, 0.4) is 0 Å². The summed E-state index contributed by atoms with van der Waals surface area (Å²) in [4.78, 5) is 23.3. The first-order valence-electron chi connectivity index (χ1n) is 8.92. The Kier molecular flexibility index (Phi) is 5.31. The fourth-order valence-corrected chi connectivity index (χ4v) is 3.50. The van der Waals surface area contributed by atoms with E-state index in [4.69, 9.17) is 0 Å². The van der Waals surface area contributed by atoms with Crippen LogP contribution in [0.5, 0.6) is 0 Å². The van der Waals surface area contributed by atoms with Crippen molar-refractivity contribution in [2.45, 2.75) is 39.7 Å². The molecule has 132 valence electrons. The van der Waals surface area contributed by atoms with E-state index in [9.17, 15) is 4.79 Å². The molecule has 25 heavy (non-hydrogen) atoms. The van der Waals surface area contributed by atoms with Crippen LogP contribution >= 0.6 is 0 Å². The first kappa shape index (κ1) is 17.4. The van der Waals surface area contributed by atoms with E-state index >= 15 is 0 Å². The van der Waals surface area contributed by atoms with Gasteiger partial charge in [-0.15, -0.1) is 0 Å². The Bertz CT molecular complexity index is 703. The predicted molar refractivity (Wildman–Crippen MR) is 99.4 cm³/mol. The molecule has 2 heterocycles. The number of nitrogens with zero attached hydrogens (tertiary/aromatic N) is 3. The van der Waals surface area contributed by atoms with Gasteiger partial charge in [0.2, 0.25) is 5.91 Å². The summed E-state index contributed by atoms with van der Waals surface area (Å²) in [5.41, 5.74) is 3.63. The number of hydrogen-bond donors (Lipinski definition) is 1. The first-order valence-corrected chi connectivity index (χ1v) is 8.92. The van der Waals surface area contributed by atoms with E-state index in [1.54, 1.807) is 18.6 Å². The second-order valence-electron chi connectivity index (χ2n) is 6.98.